The Kier molecular flexibility index (Phi) is 10.4. The number of ether oxygens (including phenoxy) is 2. The van der Waals surface area contributed by atoms with Gasteiger partial charge >= 0.3 is 0 Å². The van der Waals surface area contributed by atoms with Crippen molar-refractivity contribution in [3.8, 4) is 34.3 Å². The highest BCUT2D eigenvalue weighted by molar-refractivity contribution is 6.99. The zero-order valence-electron chi connectivity index (χ0n) is 16.8. The van der Waals surface area contributed by atoms with Crippen LogP contribution in [-0.4, -0.2) is 30.7 Å². The molecule has 0 saturated carbocycles. The van der Waals surface area contributed by atoms with Crippen LogP contribution in [0.3, 0.4) is 0 Å². The molecule has 0 saturated heterocycles. The Hall–Kier alpha value is -1.52. The summed E-state index contributed by atoms with van der Waals surface area (Å²) in [6.45, 7) is 0.954. The molecule has 164 valence electrons. The average molecular weight is 682 g/mol. The molecule has 0 aliphatic rings. The highest BCUT2D eigenvalue weighted by Gasteiger charge is 2.16. The van der Waals surface area contributed by atoms with Crippen molar-refractivity contribution in [2.75, 3.05) is 13.2 Å². The van der Waals surface area contributed by atoms with Crippen LogP contribution in [0.4, 0.5) is 0 Å². The molecule has 0 atom stereocenters. The summed E-state index contributed by atoms with van der Waals surface area (Å²) in [6, 6.07) is 7.93. The number of pyridine rings is 2. The normalized spacial score (nSPS) is 10.1. The third-order valence-corrected chi connectivity index (χ3v) is 5.13. The van der Waals surface area contributed by atoms with Crippen molar-refractivity contribution in [3.05, 3.63) is 49.1 Å². The maximum Gasteiger partial charge on any atom is 0.254 e. The topological polar surface area (TPSA) is 77.8 Å². The Bertz CT molecular complexity index is 1020. The molecular weight excluding hydrogens is 662 g/mol. The predicted octanol–water partition coefficient (Wildman–Crippen LogP) is -3.77. The van der Waals surface area contributed by atoms with E-state index in [1.54, 1.807) is 0 Å². The van der Waals surface area contributed by atoms with Crippen LogP contribution in [0.2, 0.25) is 0 Å². The predicted molar refractivity (Wildman–Crippen MR) is 109 cm³/mol. The number of nitrogens with zero attached hydrogens (tertiary/aromatic N) is 6. The number of hydrogen-bond donors (Lipinski definition) is 0. The van der Waals surface area contributed by atoms with Gasteiger partial charge in [-0.25, -0.2) is 9.13 Å². The number of aromatic nitrogens is 6. The SMILES string of the molecule is C[n+]1cccc(-c2nsnc2OCCCOc2nsnc2-c2ccc[n+](C)c2)c1.[I-].[I-]. The monoisotopic (exact) mass is 682 g/mol. The van der Waals surface area contributed by atoms with Crippen LogP contribution in [0.25, 0.3) is 22.5 Å². The Labute approximate surface area is 223 Å². The van der Waals surface area contributed by atoms with Crippen molar-refractivity contribution < 1.29 is 66.6 Å². The van der Waals surface area contributed by atoms with Gasteiger partial charge < -0.3 is 57.4 Å². The molecule has 12 heteroatoms. The smallest absolute Gasteiger partial charge is 0.254 e. The van der Waals surface area contributed by atoms with E-state index < -0.39 is 0 Å². The summed E-state index contributed by atoms with van der Waals surface area (Å²) < 4.78 is 32.9. The summed E-state index contributed by atoms with van der Waals surface area (Å²) in [5, 5.41) is 0. The Morgan fingerprint density at radius 3 is 1.61 bits per heavy atom. The van der Waals surface area contributed by atoms with Gasteiger partial charge in [-0.15, -0.1) is 8.75 Å². The van der Waals surface area contributed by atoms with Crippen LogP contribution in [0, 0.1) is 0 Å². The summed E-state index contributed by atoms with van der Waals surface area (Å²) in [7, 11) is 3.94. The molecule has 4 aromatic heterocycles. The third-order valence-electron chi connectivity index (χ3n) is 4.11. The van der Waals surface area contributed by atoms with E-state index in [2.05, 4.69) is 17.5 Å². The lowest BCUT2D eigenvalue weighted by molar-refractivity contribution is -0.671. The van der Waals surface area contributed by atoms with Crippen molar-refractivity contribution in [1.82, 2.24) is 17.5 Å². The average Bonchev–Trinajstić information content (AvgIpc) is 3.37. The fraction of sp³-hybridized carbons (Fsp3) is 0.263. The molecule has 8 nitrogen and oxygen atoms in total. The molecule has 0 aliphatic carbocycles. The molecule has 4 rings (SSSR count). The maximum atomic E-state index is 5.83. The largest absolute Gasteiger partial charge is 1.00 e. The maximum absolute atomic E-state index is 5.83. The quantitative estimate of drug-likeness (QED) is 0.108. The summed E-state index contributed by atoms with van der Waals surface area (Å²) >= 11 is 2.29. The molecule has 0 bridgehead atoms. The minimum absolute atomic E-state index is 0. The second kappa shape index (κ2) is 12.5. The van der Waals surface area contributed by atoms with Crippen LogP contribution in [-0.2, 0) is 14.1 Å². The highest BCUT2D eigenvalue weighted by Crippen LogP contribution is 2.28. The molecule has 0 fully saturated rings. The van der Waals surface area contributed by atoms with Crippen molar-refractivity contribution >= 4 is 23.5 Å². The summed E-state index contributed by atoms with van der Waals surface area (Å²) in [5.41, 5.74) is 3.47. The van der Waals surface area contributed by atoms with Crippen molar-refractivity contribution in [1.29, 1.82) is 0 Å². The van der Waals surface area contributed by atoms with Crippen molar-refractivity contribution in [2.24, 2.45) is 14.1 Å². The second-order valence-electron chi connectivity index (χ2n) is 6.40. The Balaban J connectivity index is 0.00000171. The van der Waals surface area contributed by atoms with Gasteiger partial charge in [0.15, 0.2) is 36.2 Å². The van der Waals surface area contributed by atoms with Gasteiger partial charge in [0.1, 0.15) is 14.1 Å². The first-order valence-electron chi connectivity index (χ1n) is 9.03. The van der Waals surface area contributed by atoms with Gasteiger partial charge in [-0.05, 0) is 12.1 Å². The molecule has 0 N–H and O–H groups in total. The first-order chi connectivity index (χ1) is 14.2. The van der Waals surface area contributed by atoms with Gasteiger partial charge in [-0.2, -0.15) is 8.75 Å². The molecule has 0 unspecified atom stereocenters. The van der Waals surface area contributed by atoms with Crippen LogP contribution in [0.1, 0.15) is 6.42 Å². The first kappa shape index (κ1) is 25.7. The minimum atomic E-state index is 0. The second-order valence-corrected chi connectivity index (χ2v) is 7.46. The van der Waals surface area contributed by atoms with Gasteiger partial charge in [0.25, 0.3) is 11.8 Å². The third kappa shape index (κ3) is 6.73. The van der Waals surface area contributed by atoms with Gasteiger partial charge in [-0.3, -0.25) is 0 Å². The van der Waals surface area contributed by atoms with Gasteiger partial charge in [0, 0.05) is 18.6 Å². The number of hydrogen-bond acceptors (Lipinski definition) is 8. The molecule has 4 aromatic rings. The lowest BCUT2D eigenvalue weighted by atomic mass is 10.2. The summed E-state index contributed by atoms with van der Waals surface area (Å²) in [5.74, 6) is 1.10. The molecule has 0 aliphatic heterocycles. The number of rotatable bonds is 8. The molecular formula is C19H20I2N6O2S2. The van der Waals surface area contributed by atoms with Gasteiger partial charge in [-0.1, -0.05) is 0 Å². The lowest BCUT2D eigenvalue weighted by Gasteiger charge is -2.06. The van der Waals surface area contributed by atoms with Crippen LogP contribution >= 0.6 is 23.5 Å². The van der Waals surface area contributed by atoms with E-state index in [1.807, 2.05) is 72.3 Å². The van der Waals surface area contributed by atoms with E-state index >= 15 is 0 Å². The van der Waals surface area contributed by atoms with Crippen LogP contribution in [0.15, 0.2) is 49.1 Å². The standard InChI is InChI=1S/C19H20N6O2S2.2HI/c1-24-8-3-6-14(12-24)16-18(22-28-20-16)26-10-5-11-27-19-17(21-29-23-19)15-7-4-9-25(2)13-15;;/h3-4,6-9,12-13H,5,10-11H2,1-2H3;2*1H/q+2;;/p-2. The fourth-order valence-electron chi connectivity index (χ4n) is 2.76. The molecule has 31 heavy (non-hydrogen) atoms. The molecule has 0 radical (unpaired) electrons. The molecule has 0 spiro atoms. The molecule has 4 heterocycles. The van der Waals surface area contributed by atoms with Crippen molar-refractivity contribution in [3.63, 3.8) is 0 Å². The van der Waals surface area contributed by atoms with Gasteiger partial charge in [0.05, 0.1) is 47.8 Å². The summed E-state index contributed by atoms with van der Waals surface area (Å²) in [4.78, 5) is 0. The fourth-order valence-corrected chi connectivity index (χ4v) is 3.79. The lowest BCUT2D eigenvalue weighted by Crippen LogP contribution is -3.00. The van der Waals surface area contributed by atoms with E-state index in [0.717, 1.165) is 46.0 Å². The Morgan fingerprint density at radius 1 is 0.742 bits per heavy atom. The van der Waals surface area contributed by atoms with Gasteiger partial charge in [0.2, 0.25) is 0 Å². The molecule has 0 amide bonds. The van der Waals surface area contributed by atoms with E-state index in [1.165, 1.54) is 0 Å². The number of halogens is 2. The number of aryl methyl sites for hydroxylation is 2. The van der Waals surface area contributed by atoms with E-state index in [4.69, 9.17) is 9.47 Å². The van der Waals surface area contributed by atoms with E-state index in [-0.39, 0.29) is 48.0 Å². The Morgan fingerprint density at radius 2 is 1.19 bits per heavy atom. The highest BCUT2D eigenvalue weighted by atomic mass is 127. The van der Waals surface area contributed by atoms with E-state index in [9.17, 15) is 0 Å². The zero-order valence-corrected chi connectivity index (χ0v) is 22.8. The first-order valence-corrected chi connectivity index (χ1v) is 10.5. The summed E-state index contributed by atoms with van der Waals surface area (Å²) in [6.07, 6.45) is 8.62. The molecule has 0 aromatic carbocycles. The minimum Gasteiger partial charge on any atom is -1.00 e. The van der Waals surface area contributed by atoms with Crippen LogP contribution < -0.4 is 66.6 Å². The van der Waals surface area contributed by atoms with Crippen LogP contribution in [0.5, 0.6) is 11.8 Å². The zero-order chi connectivity index (χ0) is 20.1. The van der Waals surface area contributed by atoms with Crippen molar-refractivity contribution in [2.45, 2.75) is 6.42 Å². The van der Waals surface area contributed by atoms with E-state index in [0.29, 0.717) is 31.4 Å².